The van der Waals surface area contributed by atoms with Crippen LogP contribution in [0.2, 0.25) is 0 Å². The predicted octanol–water partition coefficient (Wildman–Crippen LogP) is 2.27. The van der Waals surface area contributed by atoms with Gasteiger partial charge in [-0.25, -0.2) is 8.78 Å². The van der Waals surface area contributed by atoms with Gasteiger partial charge in [-0.1, -0.05) is 18.2 Å². The highest BCUT2D eigenvalue weighted by molar-refractivity contribution is 5.95. The lowest BCUT2D eigenvalue weighted by molar-refractivity contribution is 0.0911. The lowest BCUT2D eigenvalue weighted by atomic mass is 10.1. The van der Waals surface area contributed by atoms with Crippen molar-refractivity contribution in [2.75, 3.05) is 6.61 Å². The molecule has 0 aliphatic carbocycles. The molecule has 1 aromatic heterocycles. The molecule has 5 nitrogen and oxygen atoms in total. The number of nitrogens with one attached hydrogen (secondary N) is 2. The van der Waals surface area contributed by atoms with Gasteiger partial charge in [-0.2, -0.15) is 0 Å². The lowest BCUT2D eigenvalue weighted by Crippen LogP contribution is -2.32. The van der Waals surface area contributed by atoms with E-state index in [0.717, 1.165) is 6.07 Å². The van der Waals surface area contributed by atoms with E-state index in [1.54, 1.807) is 0 Å². The maximum absolute atomic E-state index is 13.9. The van der Waals surface area contributed by atoms with Gasteiger partial charge in [0.15, 0.2) is 5.43 Å². The number of benzene rings is 2. The van der Waals surface area contributed by atoms with Crippen LogP contribution in [0.25, 0.3) is 10.9 Å². The van der Waals surface area contributed by atoms with Crippen LogP contribution >= 0.6 is 0 Å². The van der Waals surface area contributed by atoms with Gasteiger partial charge in [-0.05, 0) is 29.8 Å². The van der Waals surface area contributed by atoms with Gasteiger partial charge >= 0.3 is 0 Å². The molecule has 3 N–H and O–H groups in total. The molecule has 3 aromatic rings. The Kier molecular flexibility index (Phi) is 4.58. The molecule has 0 radical (unpaired) electrons. The molecule has 0 fully saturated rings. The summed E-state index contributed by atoms with van der Waals surface area (Å²) in [5.74, 6) is -1.78. The lowest BCUT2D eigenvalue weighted by Gasteiger charge is -2.17. The number of carbonyl (C=O) groups is 1. The van der Waals surface area contributed by atoms with E-state index >= 15 is 0 Å². The summed E-state index contributed by atoms with van der Waals surface area (Å²) in [6.45, 7) is -0.427. The second-order valence-corrected chi connectivity index (χ2v) is 5.47. The maximum atomic E-state index is 13.9. The standard InChI is InChI=1S/C18H14F2N2O3/c19-11-6-4-10(5-7-11)15(9-23)22-18(25)14-8-16(24)12-2-1-3-13(20)17(12)21-14/h1-8,15,23H,9H2,(H,21,24)(H,22,25). The van der Waals surface area contributed by atoms with Crippen molar-refractivity contribution >= 4 is 16.8 Å². The van der Waals surface area contributed by atoms with Crippen LogP contribution in [0.5, 0.6) is 0 Å². The Hall–Kier alpha value is -3.06. The molecule has 128 valence electrons. The van der Waals surface area contributed by atoms with Crippen molar-refractivity contribution in [3.05, 3.63) is 81.6 Å². The van der Waals surface area contributed by atoms with Crippen LogP contribution in [0.1, 0.15) is 22.1 Å². The van der Waals surface area contributed by atoms with E-state index in [-0.39, 0.29) is 16.6 Å². The van der Waals surface area contributed by atoms with Crippen LogP contribution in [0.15, 0.2) is 53.3 Å². The Bertz CT molecular complexity index is 984. The summed E-state index contributed by atoms with van der Waals surface area (Å²) in [7, 11) is 0. The number of carbonyl (C=O) groups excluding carboxylic acids is 1. The summed E-state index contributed by atoms with van der Waals surface area (Å²) in [5.41, 5.74) is -0.210. The van der Waals surface area contributed by atoms with Gasteiger partial charge in [0.1, 0.15) is 17.3 Å². The highest BCUT2D eigenvalue weighted by Crippen LogP contribution is 2.15. The summed E-state index contributed by atoms with van der Waals surface area (Å²) >= 11 is 0. The van der Waals surface area contributed by atoms with Gasteiger partial charge in [-0.3, -0.25) is 9.59 Å². The fourth-order valence-electron chi connectivity index (χ4n) is 2.52. The molecule has 2 aromatic carbocycles. The first-order valence-corrected chi connectivity index (χ1v) is 7.48. The molecule has 1 unspecified atom stereocenters. The van der Waals surface area contributed by atoms with E-state index in [2.05, 4.69) is 10.3 Å². The molecule has 1 amide bonds. The van der Waals surface area contributed by atoms with Gasteiger partial charge in [0.2, 0.25) is 0 Å². The molecule has 1 heterocycles. The van der Waals surface area contributed by atoms with E-state index in [4.69, 9.17) is 0 Å². The number of H-pyrrole nitrogens is 1. The van der Waals surface area contributed by atoms with Crippen LogP contribution < -0.4 is 10.7 Å². The van der Waals surface area contributed by atoms with Crippen molar-refractivity contribution in [3.8, 4) is 0 Å². The van der Waals surface area contributed by atoms with Crippen LogP contribution in [0, 0.1) is 11.6 Å². The third kappa shape index (κ3) is 3.41. The van der Waals surface area contributed by atoms with Gasteiger partial charge in [0.05, 0.1) is 18.2 Å². The van der Waals surface area contributed by atoms with Crippen molar-refractivity contribution in [1.82, 2.24) is 10.3 Å². The highest BCUT2D eigenvalue weighted by atomic mass is 19.1. The normalized spacial score (nSPS) is 12.1. The quantitative estimate of drug-likeness (QED) is 0.679. The minimum Gasteiger partial charge on any atom is -0.394 e. The zero-order chi connectivity index (χ0) is 18.0. The second kappa shape index (κ2) is 6.82. The van der Waals surface area contributed by atoms with E-state index < -0.39 is 35.6 Å². The molecule has 0 aliphatic rings. The fraction of sp³-hybridized carbons (Fsp3) is 0.111. The number of aliphatic hydroxyl groups is 1. The van der Waals surface area contributed by atoms with Gasteiger partial charge in [-0.15, -0.1) is 0 Å². The Morgan fingerprint density at radius 2 is 1.88 bits per heavy atom. The van der Waals surface area contributed by atoms with E-state index in [1.807, 2.05) is 0 Å². The summed E-state index contributed by atoms with van der Waals surface area (Å²) in [5, 5.41) is 12.1. The topological polar surface area (TPSA) is 82.2 Å². The molecule has 25 heavy (non-hydrogen) atoms. The minimum absolute atomic E-state index is 0.0671. The first-order valence-electron chi connectivity index (χ1n) is 7.48. The van der Waals surface area contributed by atoms with Crippen LogP contribution in [0.4, 0.5) is 8.78 Å². The molecule has 0 saturated heterocycles. The van der Waals surface area contributed by atoms with Crippen molar-refractivity contribution in [3.63, 3.8) is 0 Å². The summed E-state index contributed by atoms with van der Waals surface area (Å²) in [4.78, 5) is 27.0. The number of hydrogen-bond acceptors (Lipinski definition) is 3. The number of halogens is 2. The van der Waals surface area contributed by atoms with Crippen LogP contribution in [0.3, 0.4) is 0 Å². The molecule has 1 atom stereocenters. The van der Waals surface area contributed by atoms with Crippen LogP contribution in [-0.2, 0) is 0 Å². The molecule has 0 bridgehead atoms. The number of aliphatic hydroxyl groups excluding tert-OH is 1. The molecule has 0 saturated carbocycles. The average molecular weight is 344 g/mol. The number of aromatic nitrogens is 1. The van der Waals surface area contributed by atoms with Gasteiger partial charge in [0.25, 0.3) is 5.91 Å². The summed E-state index contributed by atoms with van der Waals surface area (Å²) in [6.07, 6.45) is 0. The molecule has 0 aliphatic heterocycles. The highest BCUT2D eigenvalue weighted by Gasteiger charge is 2.17. The van der Waals surface area contributed by atoms with E-state index in [1.165, 1.54) is 42.5 Å². The number of amides is 1. The zero-order valence-corrected chi connectivity index (χ0v) is 12.9. The SMILES string of the molecule is O=C(NC(CO)c1ccc(F)cc1)c1cc(=O)c2cccc(F)c2[nH]1. The van der Waals surface area contributed by atoms with Gasteiger partial charge < -0.3 is 15.4 Å². The Morgan fingerprint density at radius 3 is 2.56 bits per heavy atom. The second-order valence-electron chi connectivity index (χ2n) is 5.47. The van der Waals surface area contributed by atoms with E-state index in [9.17, 15) is 23.5 Å². The molecule has 3 rings (SSSR count). The first-order chi connectivity index (χ1) is 12.0. The minimum atomic E-state index is -0.798. The first kappa shape index (κ1) is 16.8. The zero-order valence-electron chi connectivity index (χ0n) is 12.9. The predicted molar refractivity (Wildman–Crippen MR) is 88.2 cm³/mol. The molecular formula is C18H14F2N2O3. The third-order valence-corrected chi connectivity index (χ3v) is 3.82. The number of fused-ring (bicyclic) bond motifs is 1. The smallest absolute Gasteiger partial charge is 0.268 e. The molecular weight excluding hydrogens is 330 g/mol. The van der Waals surface area contributed by atoms with Crippen molar-refractivity contribution < 1.29 is 18.7 Å². The van der Waals surface area contributed by atoms with Gasteiger partial charge in [0, 0.05) is 11.5 Å². The number of aromatic amines is 1. The van der Waals surface area contributed by atoms with Crippen molar-refractivity contribution in [2.24, 2.45) is 0 Å². The Morgan fingerprint density at radius 1 is 1.16 bits per heavy atom. The number of rotatable bonds is 4. The number of hydrogen-bond donors (Lipinski definition) is 3. The summed E-state index contributed by atoms with van der Waals surface area (Å²) < 4.78 is 26.9. The summed E-state index contributed by atoms with van der Waals surface area (Å²) in [6, 6.07) is 9.57. The van der Waals surface area contributed by atoms with Crippen molar-refractivity contribution in [2.45, 2.75) is 6.04 Å². The largest absolute Gasteiger partial charge is 0.394 e. The van der Waals surface area contributed by atoms with Crippen molar-refractivity contribution in [1.29, 1.82) is 0 Å². The average Bonchev–Trinajstić information content (AvgIpc) is 2.61. The number of para-hydroxylation sites is 1. The number of pyridine rings is 1. The van der Waals surface area contributed by atoms with E-state index in [0.29, 0.717) is 5.56 Å². The third-order valence-electron chi connectivity index (χ3n) is 3.82. The molecule has 7 heteroatoms. The maximum Gasteiger partial charge on any atom is 0.268 e. The monoisotopic (exact) mass is 344 g/mol. The fourth-order valence-corrected chi connectivity index (χ4v) is 2.52. The molecule has 0 spiro atoms. The Balaban J connectivity index is 1.92. The van der Waals surface area contributed by atoms with Crippen LogP contribution in [-0.4, -0.2) is 22.6 Å². The Labute approximate surface area is 140 Å².